The molecule has 1 saturated heterocycles. The Balaban J connectivity index is 1.18. The minimum Gasteiger partial charge on any atom is -0.354 e. The lowest BCUT2D eigenvalue weighted by molar-refractivity contribution is 0.312. The highest BCUT2D eigenvalue weighted by Gasteiger charge is 2.30. The van der Waals surface area contributed by atoms with E-state index in [0.717, 1.165) is 66.4 Å². The van der Waals surface area contributed by atoms with Crippen molar-refractivity contribution in [3.8, 4) is 11.3 Å². The van der Waals surface area contributed by atoms with Gasteiger partial charge in [-0.15, -0.1) is 0 Å². The molecule has 1 fully saturated rings. The smallest absolute Gasteiger partial charge is 0.244 e. The maximum atomic E-state index is 13.6. The molecule has 0 atom stereocenters. The number of imidazole rings is 1. The number of benzene rings is 2. The summed E-state index contributed by atoms with van der Waals surface area (Å²) in [6.45, 7) is 5.11. The molecule has 0 saturated carbocycles. The number of sulfonamides is 1. The molecule has 208 valence electrons. The number of fused-ring (bicyclic) bond motifs is 1. The Bertz CT molecular complexity index is 1580. The first-order valence-electron chi connectivity index (χ1n) is 13.6. The van der Waals surface area contributed by atoms with E-state index in [4.69, 9.17) is 0 Å². The van der Waals surface area contributed by atoms with Gasteiger partial charge in [0.05, 0.1) is 18.2 Å². The Morgan fingerprint density at radius 3 is 2.48 bits per heavy atom. The Labute approximate surface area is 234 Å². The average molecular weight is 561 g/mol. The maximum absolute atomic E-state index is 13.6. The Hall–Kier alpha value is -3.60. The molecule has 0 N–H and O–H groups in total. The van der Waals surface area contributed by atoms with Crippen molar-refractivity contribution in [2.75, 3.05) is 44.7 Å². The van der Waals surface area contributed by atoms with Gasteiger partial charge in [0, 0.05) is 57.6 Å². The van der Waals surface area contributed by atoms with E-state index >= 15 is 0 Å². The van der Waals surface area contributed by atoms with Gasteiger partial charge < -0.3 is 14.4 Å². The van der Waals surface area contributed by atoms with Crippen LogP contribution in [0.15, 0.2) is 78.2 Å². The van der Waals surface area contributed by atoms with E-state index in [9.17, 15) is 12.8 Å². The van der Waals surface area contributed by atoms with E-state index < -0.39 is 10.0 Å². The number of piperazine rings is 1. The molecule has 6 rings (SSSR count). The Morgan fingerprint density at radius 1 is 0.925 bits per heavy atom. The van der Waals surface area contributed by atoms with Gasteiger partial charge in [0.15, 0.2) is 0 Å². The number of anilines is 1. The molecular weight excluding hydrogens is 527 g/mol. The summed E-state index contributed by atoms with van der Waals surface area (Å²) in [5, 5.41) is 0. The molecule has 2 aliphatic rings. The fourth-order valence-electron chi connectivity index (χ4n) is 5.55. The molecule has 0 bridgehead atoms. The van der Waals surface area contributed by atoms with E-state index in [1.807, 2.05) is 30.7 Å². The third-order valence-corrected chi connectivity index (χ3v) is 9.79. The second kappa shape index (κ2) is 11.1. The molecule has 0 unspecified atom stereocenters. The average Bonchev–Trinajstić information content (AvgIpc) is 3.45. The van der Waals surface area contributed by atoms with Gasteiger partial charge in [-0.25, -0.2) is 22.8 Å². The van der Waals surface area contributed by atoms with E-state index in [2.05, 4.69) is 37.4 Å². The fraction of sp³-hybridized carbons (Fsp3) is 0.333. The molecule has 0 aliphatic carbocycles. The summed E-state index contributed by atoms with van der Waals surface area (Å²) >= 11 is 0. The van der Waals surface area contributed by atoms with Crippen LogP contribution in [0.2, 0.25) is 0 Å². The summed E-state index contributed by atoms with van der Waals surface area (Å²) in [7, 11) is -1.58. The molecule has 4 heterocycles. The summed E-state index contributed by atoms with van der Waals surface area (Å²) in [5.41, 5.74) is 5.29. The van der Waals surface area contributed by atoms with E-state index in [1.165, 1.54) is 18.3 Å². The Morgan fingerprint density at radius 2 is 1.73 bits per heavy atom. The van der Waals surface area contributed by atoms with Gasteiger partial charge in [-0.1, -0.05) is 30.3 Å². The van der Waals surface area contributed by atoms with Crippen LogP contribution < -0.4 is 4.90 Å². The van der Waals surface area contributed by atoms with E-state index in [0.29, 0.717) is 26.1 Å². The monoisotopic (exact) mass is 560 g/mol. The zero-order valence-corrected chi connectivity index (χ0v) is 23.4. The molecule has 10 heteroatoms. The van der Waals surface area contributed by atoms with Crippen LogP contribution in [-0.2, 0) is 36.0 Å². The van der Waals surface area contributed by atoms with Crippen LogP contribution in [0.1, 0.15) is 16.7 Å². The van der Waals surface area contributed by atoms with Crippen LogP contribution in [0.3, 0.4) is 0 Å². The third-order valence-electron chi connectivity index (χ3n) is 7.96. The minimum absolute atomic E-state index is 0.226. The minimum atomic E-state index is -3.68. The molecule has 4 aromatic rings. The van der Waals surface area contributed by atoms with Crippen molar-refractivity contribution >= 4 is 15.8 Å². The van der Waals surface area contributed by atoms with Crippen LogP contribution >= 0.6 is 0 Å². The normalized spacial score (nSPS) is 16.7. The standard InChI is InChI=1S/C30H33FN6O2S/c1-34-15-17-35(18-16-34)30-10-9-26(19-33-30)40(38,39)37-14-12-27-24(21-37)3-2-4-28(27)29-20-32-22-36(29)13-11-23-5-7-25(31)8-6-23/h2-10,19-20,22H,11-18,21H2,1H3. The molecule has 40 heavy (non-hydrogen) atoms. The van der Waals surface area contributed by atoms with Crippen molar-refractivity contribution in [3.05, 3.63) is 95.8 Å². The van der Waals surface area contributed by atoms with Gasteiger partial charge in [-0.3, -0.25) is 0 Å². The number of hydrogen-bond acceptors (Lipinski definition) is 6. The van der Waals surface area contributed by atoms with Crippen LogP contribution in [0.4, 0.5) is 10.2 Å². The van der Waals surface area contributed by atoms with Gasteiger partial charge in [0.1, 0.15) is 16.5 Å². The lowest BCUT2D eigenvalue weighted by atomic mass is 9.94. The molecule has 2 aliphatic heterocycles. The van der Waals surface area contributed by atoms with Crippen molar-refractivity contribution in [1.29, 1.82) is 0 Å². The molecular formula is C30H33FN6O2S. The van der Waals surface area contributed by atoms with Crippen LogP contribution in [-0.4, -0.2) is 71.9 Å². The number of aromatic nitrogens is 3. The van der Waals surface area contributed by atoms with Gasteiger partial charge >= 0.3 is 0 Å². The molecule has 0 radical (unpaired) electrons. The number of likely N-dealkylation sites (N-methyl/N-ethyl adjacent to an activating group) is 1. The lowest BCUT2D eigenvalue weighted by Crippen LogP contribution is -2.44. The quantitative estimate of drug-likeness (QED) is 0.342. The van der Waals surface area contributed by atoms with Crippen molar-refractivity contribution in [1.82, 2.24) is 23.7 Å². The molecule has 8 nitrogen and oxygen atoms in total. The number of pyridine rings is 1. The van der Waals surface area contributed by atoms with Gasteiger partial charge in [0.2, 0.25) is 10.0 Å². The summed E-state index contributed by atoms with van der Waals surface area (Å²) in [6.07, 6.45) is 6.54. The second-order valence-corrected chi connectivity index (χ2v) is 12.5. The molecule has 2 aromatic heterocycles. The first-order chi connectivity index (χ1) is 19.4. The summed E-state index contributed by atoms with van der Waals surface area (Å²) in [6, 6.07) is 16.1. The van der Waals surface area contributed by atoms with Crippen molar-refractivity contribution in [3.63, 3.8) is 0 Å². The first kappa shape index (κ1) is 26.6. The lowest BCUT2D eigenvalue weighted by Gasteiger charge is -2.33. The van der Waals surface area contributed by atoms with Gasteiger partial charge in [-0.05, 0) is 60.8 Å². The van der Waals surface area contributed by atoms with Crippen LogP contribution in [0.25, 0.3) is 11.3 Å². The van der Waals surface area contributed by atoms with Gasteiger partial charge in [0.25, 0.3) is 0 Å². The Kier molecular flexibility index (Phi) is 7.39. The van der Waals surface area contributed by atoms with E-state index in [-0.39, 0.29) is 10.7 Å². The van der Waals surface area contributed by atoms with Crippen LogP contribution in [0, 0.1) is 5.82 Å². The topological polar surface area (TPSA) is 74.6 Å². The van der Waals surface area contributed by atoms with Crippen LogP contribution in [0.5, 0.6) is 0 Å². The zero-order chi connectivity index (χ0) is 27.7. The van der Waals surface area contributed by atoms with Crippen molar-refractivity contribution in [2.24, 2.45) is 0 Å². The molecule has 2 aromatic carbocycles. The number of rotatable bonds is 7. The highest BCUT2D eigenvalue weighted by atomic mass is 32.2. The fourth-order valence-corrected chi connectivity index (χ4v) is 6.91. The highest BCUT2D eigenvalue weighted by molar-refractivity contribution is 7.89. The summed E-state index contributed by atoms with van der Waals surface area (Å²) < 4.78 is 44.1. The number of nitrogens with zero attached hydrogens (tertiary/aromatic N) is 6. The molecule has 0 amide bonds. The SMILES string of the molecule is CN1CCN(c2ccc(S(=O)(=O)N3CCc4c(cccc4-c4cncn4CCc4ccc(F)cc4)C3)cn2)CC1. The predicted octanol–water partition coefficient (Wildman–Crippen LogP) is 3.83. The molecule has 0 spiro atoms. The predicted molar refractivity (Wildman–Crippen MR) is 153 cm³/mol. The second-order valence-electron chi connectivity index (χ2n) is 10.5. The summed E-state index contributed by atoms with van der Waals surface area (Å²) in [5.74, 6) is 0.578. The number of hydrogen-bond donors (Lipinski definition) is 0. The highest BCUT2D eigenvalue weighted by Crippen LogP contribution is 2.32. The van der Waals surface area contributed by atoms with Crippen molar-refractivity contribution < 1.29 is 12.8 Å². The van der Waals surface area contributed by atoms with Gasteiger partial charge in [-0.2, -0.15) is 4.31 Å². The maximum Gasteiger partial charge on any atom is 0.244 e. The summed E-state index contributed by atoms with van der Waals surface area (Å²) in [4.78, 5) is 13.6. The number of halogens is 1. The van der Waals surface area contributed by atoms with E-state index in [1.54, 1.807) is 22.5 Å². The first-order valence-corrected chi connectivity index (χ1v) is 15.1. The van der Waals surface area contributed by atoms with Crippen molar-refractivity contribution in [2.45, 2.75) is 30.8 Å². The number of aryl methyl sites for hydroxylation is 2. The largest absolute Gasteiger partial charge is 0.354 e. The third kappa shape index (κ3) is 5.39. The zero-order valence-electron chi connectivity index (χ0n) is 22.6.